The predicted octanol–water partition coefficient (Wildman–Crippen LogP) is 2.44. The lowest BCUT2D eigenvalue weighted by molar-refractivity contribution is -0.124. The minimum atomic E-state index is -0.349. The molecule has 3 N–H and O–H groups in total. The highest BCUT2D eigenvalue weighted by Gasteiger charge is 2.35. The zero-order valence-corrected chi connectivity index (χ0v) is 11.8. The number of hydrogen-bond acceptors (Lipinski definition) is 2. The second kappa shape index (κ2) is 5.85. The lowest BCUT2D eigenvalue weighted by Gasteiger charge is -2.41. The summed E-state index contributed by atoms with van der Waals surface area (Å²) in [5.41, 5.74) is 6.03. The largest absolute Gasteiger partial charge is 0.352 e. The van der Waals surface area contributed by atoms with E-state index in [1.807, 2.05) is 6.92 Å². The van der Waals surface area contributed by atoms with Gasteiger partial charge in [-0.05, 0) is 30.6 Å². The van der Waals surface area contributed by atoms with Crippen LogP contribution in [0.3, 0.4) is 0 Å². The van der Waals surface area contributed by atoms with E-state index in [4.69, 9.17) is 5.73 Å². The van der Waals surface area contributed by atoms with Crippen molar-refractivity contribution in [2.45, 2.75) is 71.9 Å². The number of nitrogens with two attached hydrogens (primary N) is 1. The summed E-state index contributed by atoms with van der Waals surface area (Å²) in [5.74, 6) is 0.595. The second-order valence-corrected chi connectivity index (χ2v) is 6.39. The number of carbonyl (C=O) groups is 1. The van der Waals surface area contributed by atoms with Crippen LogP contribution in [0.15, 0.2) is 0 Å². The molecule has 0 aromatic carbocycles. The smallest absolute Gasteiger partial charge is 0.237 e. The molecule has 0 aromatic heterocycles. The quantitative estimate of drug-likeness (QED) is 0.796. The molecule has 1 aliphatic carbocycles. The Morgan fingerprint density at radius 1 is 1.35 bits per heavy atom. The third-order valence-electron chi connectivity index (χ3n) is 3.98. The fourth-order valence-electron chi connectivity index (χ4n) is 2.82. The van der Waals surface area contributed by atoms with Crippen molar-refractivity contribution in [2.24, 2.45) is 17.1 Å². The summed E-state index contributed by atoms with van der Waals surface area (Å²) in [6, 6.07) is -0.0357. The molecule has 3 atom stereocenters. The Labute approximate surface area is 106 Å². The Bertz CT molecular complexity index is 257. The molecule has 17 heavy (non-hydrogen) atoms. The minimum absolute atomic E-state index is 0.0219. The Kier molecular flexibility index (Phi) is 4.99. The average molecular weight is 240 g/mol. The molecule has 2 unspecified atom stereocenters. The fraction of sp³-hybridized carbons (Fsp3) is 0.929. The zero-order valence-electron chi connectivity index (χ0n) is 11.8. The first-order valence-corrected chi connectivity index (χ1v) is 6.92. The molecule has 1 fully saturated rings. The van der Waals surface area contributed by atoms with Gasteiger partial charge in [-0.3, -0.25) is 4.79 Å². The summed E-state index contributed by atoms with van der Waals surface area (Å²) in [7, 11) is 0. The normalized spacial score (nSPS) is 27.6. The summed E-state index contributed by atoms with van der Waals surface area (Å²) < 4.78 is 0. The molecule has 0 radical (unpaired) electrons. The highest BCUT2D eigenvalue weighted by atomic mass is 16.2. The minimum Gasteiger partial charge on any atom is -0.352 e. The maximum absolute atomic E-state index is 11.9. The summed E-state index contributed by atoms with van der Waals surface area (Å²) in [6.45, 7) is 8.75. The van der Waals surface area contributed by atoms with E-state index in [0.717, 1.165) is 6.42 Å². The van der Waals surface area contributed by atoms with E-state index in [1.54, 1.807) is 0 Å². The molecule has 0 heterocycles. The van der Waals surface area contributed by atoms with Crippen molar-refractivity contribution < 1.29 is 4.79 Å². The van der Waals surface area contributed by atoms with Gasteiger partial charge in [0.1, 0.15) is 0 Å². The van der Waals surface area contributed by atoms with Crippen LogP contribution in [0.1, 0.15) is 59.8 Å². The first kappa shape index (κ1) is 14.5. The van der Waals surface area contributed by atoms with Crippen LogP contribution in [0, 0.1) is 11.3 Å². The van der Waals surface area contributed by atoms with E-state index >= 15 is 0 Å². The Morgan fingerprint density at radius 3 is 2.47 bits per heavy atom. The molecular weight excluding hydrogens is 212 g/mol. The zero-order chi connectivity index (χ0) is 13.1. The first-order chi connectivity index (χ1) is 7.86. The van der Waals surface area contributed by atoms with Gasteiger partial charge in [-0.25, -0.2) is 0 Å². The Hall–Kier alpha value is -0.570. The van der Waals surface area contributed by atoms with Crippen molar-refractivity contribution in [3.63, 3.8) is 0 Å². The van der Waals surface area contributed by atoms with E-state index in [-0.39, 0.29) is 17.4 Å². The molecule has 0 bridgehead atoms. The van der Waals surface area contributed by atoms with Crippen molar-refractivity contribution in [2.75, 3.05) is 0 Å². The van der Waals surface area contributed by atoms with Crippen LogP contribution in [0.5, 0.6) is 0 Å². The van der Waals surface area contributed by atoms with E-state index in [1.165, 1.54) is 19.3 Å². The van der Waals surface area contributed by atoms with Crippen LogP contribution in [0.4, 0.5) is 0 Å². The molecule has 1 saturated carbocycles. The highest BCUT2D eigenvalue weighted by molar-refractivity contribution is 5.81. The molecule has 100 valence electrons. The van der Waals surface area contributed by atoms with Gasteiger partial charge in [0.25, 0.3) is 0 Å². The number of nitrogens with one attached hydrogen (secondary N) is 1. The molecule has 1 aliphatic rings. The molecule has 0 spiro atoms. The van der Waals surface area contributed by atoms with E-state index < -0.39 is 0 Å². The molecule has 0 aromatic rings. The predicted molar refractivity (Wildman–Crippen MR) is 71.6 cm³/mol. The van der Waals surface area contributed by atoms with Crippen molar-refractivity contribution in [3.05, 3.63) is 0 Å². The van der Waals surface area contributed by atoms with Gasteiger partial charge >= 0.3 is 0 Å². The van der Waals surface area contributed by atoms with Crippen LogP contribution < -0.4 is 11.1 Å². The van der Waals surface area contributed by atoms with Crippen LogP contribution >= 0.6 is 0 Å². The fourth-order valence-corrected chi connectivity index (χ4v) is 2.82. The molecule has 1 rings (SSSR count). The van der Waals surface area contributed by atoms with Gasteiger partial charge in [-0.1, -0.05) is 40.5 Å². The maximum atomic E-state index is 11.9. The molecular formula is C14H28N2O. The number of rotatable bonds is 3. The number of amides is 1. The number of carbonyl (C=O) groups excluding carboxylic acids is 1. The lowest BCUT2D eigenvalue weighted by atomic mass is 9.69. The third-order valence-corrected chi connectivity index (χ3v) is 3.98. The van der Waals surface area contributed by atoms with Crippen LogP contribution in [-0.4, -0.2) is 18.0 Å². The Balaban J connectivity index is 2.63. The van der Waals surface area contributed by atoms with Gasteiger partial charge in [0.2, 0.25) is 5.91 Å². The topological polar surface area (TPSA) is 55.1 Å². The van der Waals surface area contributed by atoms with Gasteiger partial charge in [0.15, 0.2) is 0 Å². The maximum Gasteiger partial charge on any atom is 0.237 e. The van der Waals surface area contributed by atoms with Crippen LogP contribution in [-0.2, 0) is 4.79 Å². The molecule has 3 nitrogen and oxygen atoms in total. The van der Waals surface area contributed by atoms with Gasteiger partial charge in [0.05, 0.1) is 6.04 Å². The molecule has 0 saturated heterocycles. The Morgan fingerprint density at radius 2 is 1.94 bits per heavy atom. The van der Waals surface area contributed by atoms with E-state index in [9.17, 15) is 4.79 Å². The van der Waals surface area contributed by atoms with Crippen molar-refractivity contribution in [3.8, 4) is 0 Å². The molecule has 3 heteroatoms. The standard InChI is InChI=1S/C14H28N2O/c1-5-11(15)13(17)16-12-9-7-6-8-10(12)14(2,3)4/h10-12H,5-9,15H2,1-4H3,(H,16,17)/t10?,11-,12?/m0/s1. The van der Waals surface area contributed by atoms with E-state index in [2.05, 4.69) is 26.1 Å². The highest BCUT2D eigenvalue weighted by Crippen LogP contribution is 2.37. The average Bonchev–Trinajstić information content (AvgIpc) is 2.27. The lowest BCUT2D eigenvalue weighted by Crippen LogP contribution is -2.51. The van der Waals surface area contributed by atoms with Gasteiger partial charge < -0.3 is 11.1 Å². The van der Waals surface area contributed by atoms with Crippen molar-refractivity contribution in [1.29, 1.82) is 0 Å². The monoisotopic (exact) mass is 240 g/mol. The van der Waals surface area contributed by atoms with E-state index in [0.29, 0.717) is 18.4 Å². The molecule has 1 amide bonds. The van der Waals surface area contributed by atoms with Crippen molar-refractivity contribution >= 4 is 5.91 Å². The van der Waals surface area contributed by atoms with Crippen LogP contribution in [0.2, 0.25) is 0 Å². The van der Waals surface area contributed by atoms with Gasteiger partial charge in [-0.15, -0.1) is 0 Å². The summed E-state index contributed by atoms with van der Waals surface area (Å²) in [5, 5.41) is 3.16. The van der Waals surface area contributed by atoms with Crippen molar-refractivity contribution in [1.82, 2.24) is 5.32 Å². The third kappa shape index (κ3) is 3.98. The summed E-state index contributed by atoms with van der Waals surface area (Å²) >= 11 is 0. The summed E-state index contributed by atoms with van der Waals surface area (Å²) in [4.78, 5) is 11.9. The van der Waals surface area contributed by atoms with Gasteiger partial charge in [0, 0.05) is 6.04 Å². The SMILES string of the molecule is CC[C@H](N)C(=O)NC1CCCCC1C(C)(C)C. The first-order valence-electron chi connectivity index (χ1n) is 6.92. The molecule has 0 aliphatic heterocycles. The summed E-state index contributed by atoms with van der Waals surface area (Å²) in [6.07, 6.45) is 5.53. The van der Waals surface area contributed by atoms with Gasteiger partial charge in [-0.2, -0.15) is 0 Å². The van der Waals surface area contributed by atoms with Crippen LogP contribution in [0.25, 0.3) is 0 Å². The number of hydrogen-bond donors (Lipinski definition) is 2. The second-order valence-electron chi connectivity index (χ2n) is 6.39.